The van der Waals surface area contributed by atoms with Crippen molar-refractivity contribution in [3.05, 3.63) is 48.0 Å². The van der Waals surface area contributed by atoms with E-state index < -0.39 is 6.10 Å². The van der Waals surface area contributed by atoms with Gasteiger partial charge in [0.05, 0.1) is 12.3 Å². The average molecular weight is 396 g/mol. The number of rotatable bonds is 6. The summed E-state index contributed by atoms with van der Waals surface area (Å²) in [7, 11) is 0. The van der Waals surface area contributed by atoms with Crippen molar-refractivity contribution in [1.82, 2.24) is 0 Å². The van der Waals surface area contributed by atoms with Crippen molar-refractivity contribution in [2.45, 2.75) is 52.1 Å². The van der Waals surface area contributed by atoms with Gasteiger partial charge in [0.15, 0.2) is 6.10 Å². The Hall–Kier alpha value is -3.02. The lowest BCUT2D eigenvalue weighted by Gasteiger charge is -2.23. The summed E-state index contributed by atoms with van der Waals surface area (Å²) in [6.07, 6.45) is 0.430. The number of carbonyl (C=O) groups is 2. The standard InChI is InChI=1S/C23H28N2O4/c1-15-22(27)25-19-14-17(9-12-20(19)29-15)24-21(26)6-5-13-28-18-10-7-16(8-11-18)23(2,3)4/h7-12,14-15H,5-6,13H2,1-4H3,(H,24,26)(H,25,27)/t15-/m0/s1. The third-order valence-electron chi connectivity index (χ3n) is 4.73. The zero-order chi connectivity index (χ0) is 21.0. The van der Waals surface area contributed by atoms with Gasteiger partial charge in [0.2, 0.25) is 5.91 Å². The second-order valence-electron chi connectivity index (χ2n) is 8.23. The summed E-state index contributed by atoms with van der Waals surface area (Å²) >= 11 is 0. The van der Waals surface area contributed by atoms with Crippen LogP contribution in [0.4, 0.5) is 11.4 Å². The molecular weight excluding hydrogens is 368 g/mol. The molecular formula is C23H28N2O4. The summed E-state index contributed by atoms with van der Waals surface area (Å²) in [5, 5.41) is 5.61. The normalized spacial score (nSPS) is 15.7. The van der Waals surface area contributed by atoms with E-state index in [0.29, 0.717) is 36.6 Å². The predicted octanol–water partition coefficient (Wildman–Crippen LogP) is 4.50. The Kier molecular flexibility index (Phi) is 6.11. The van der Waals surface area contributed by atoms with Crippen molar-refractivity contribution >= 4 is 23.2 Å². The molecule has 0 aliphatic carbocycles. The lowest BCUT2D eigenvalue weighted by Crippen LogP contribution is -2.34. The van der Waals surface area contributed by atoms with Crippen LogP contribution < -0.4 is 20.1 Å². The van der Waals surface area contributed by atoms with Crippen LogP contribution in [0, 0.1) is 0 Å². The first-order chi connectivity index (χ1) is 13.7. The Morgan fingerprint density at radius 3 is 2.59 bits per heavy atom. The maximum Gasteiger partial charge on any atom is 0.265 e. The van der Waals surface area contributed by atoms with Crippen molar-refractivity contribution in [1.29, 1.82) is 0 Å². The van der Waals surface area contributed by atoms with Gasteiger partial charge in [-0.3, -0.25) is 9.59 Å². The summed E-state index contributed by atoms with van der Waals surface area (Å²) in [6.45, 7) is 8.67. The van der Waals surface area contributed by atoms with Gasteiger partial charge in [-0.25, -0.2) is 0 Å². The molecule has 0 fully saturated rings. The van der Waals surface area contributed by atoms with E-state index >= 15 is 0 Å². The molecule has 0 unspecified atom stereocenters. The third-order valence-corrected chi connectivity index (χ3v) is 4.73. The quantitative estimate of drug-likeness (QED) is 0.705. The van der Waals surface area contributed by atoms with Crippen LogP contribution >= 0.6 is 0 Å². The minimum absolute atomic E-state index is 0.104. The van der Waals surface area contributed by atoms with Crippen molar-refractivity contribution < 1.29 is 19.1 Å². The first-order valence-corrected chi connectivity index (χ1v) is 9.87. The SMILES string of the molecule is C[C@@H]1Oc2ccc(NC(=O)CCCOc3ccc(C(C)(C)C)cc3)cc2NC1=O. The third kappa shape index (κ3) is 5.50. The average Bonchev–Trinajstić information content (AvgIpc) is 2.66. The maximum atomic E-state index is 12.2. The van der Waals surface area contributed by atoms with Crippen molar-refractivity contribution in [3.63, 3.8) is 0 Å². The number of anilines is 2. The second kappa shape index (κ2) is 8.55. The van der Waals surface area contributed by atoms with Crippen LogP contribution in [0.25, 0.3) is 0 Å². The Morgan fingerprint density at radius 2 is 1.90 bits per heavy atom. The molecule has 0 saturated heterocycles. The van der Waals surface area contributed by atoms with Gasteiger partial charge in [-0.2, -0.15) is 0 Å². The summed E-state index contributed by atoms with van der Waals surface area (Å²) in [6, 6.07) is 13.3. The van der Waals surface area contributed by atoms with Crippen molar-refractivity contribution in [2.24, 2.45) is 0 Å². The van der Waals surface area contributed by atoms with Crippen LogP contribution in [0.3, 0.4) is 0 Å². The monoisotopic (exact) mass is 396 g/mol. The second-order valence-corrected chi connectivity index (χ2v) is 8.23. The molecule has 2 amide bonds. The number of ether oxygens (including phenoxy) is 2. The number of hydrogen-bond donors (Lipinski definition) is 2. The molecule has 2 N–H and O–H groups in total. The molecule has 29 heavy (non-hydrogen) atoms. The lowest BCUT2D eigenvalue weighted by molar-refractivity contribution is -0.122. The van der Waals surface area contributed by atoms with E-state index in [0.717, 1.165) is 5.75 Å². The minimum atomic E-state index is -0.521. The smallest absolute Gasteiger partial charge is 0.265 e. The zero-order valence-corrected chi connectivity index (χ0v) is 17.4. The first kappa shape index (κ1) is 20.7. The summed E-state index contributed by atoms with van der Waals surface area (Å²) in [4.78, 5) is 23.9. The summed E-state index contributed by atoms with van der Waals surface area (Å²) in [5.74, 6) is 1.10. The Morgan fingerprint density at radius 1 is 1.17 bits per heavy atom. The number of amides is 2. The largest absolute Gasteiger partial charge is 0.494 e. The Bertz CT molecular complexity index is 885. The summed E-state index contributed by atoms with van der Waals surface area (Å²) < 4.78 is 11.2. The van der Waals surface area contributed by atoms with Crippen LogP contribution in [0.5, 0.6) is 11.5 Å². The van der Waals surface area contributed by atoms with Crippen LogP contribution in [-0.2, 0) is 15.0 Å². The van der Waals surface area contributed by atoms with E-state index in [2.05, 4.69) is 43.5 Å². The van der Waals surface area contributed by atoms with Gasteiger partial charge in [0.1, 0.15) is 11.5 Å². The van der Waals surface area contributed by atoms with Crippen LogP contribution in [-0.4, -0.2) is 24.5 Å². The number of benzene rings is 2. The molecule has 6 heteroatoms. The molecule has 0 radical (unpaired) electrons. The van der Waals surface area contributed by atoms with E-state index in [-0.39, 0.29) is 17.2 Å². The fraction of sp³-hybridized carbons (Fsp3) is 0.391. The van der Waals surface area contributed by atoms with E-state index in [4.69, 9.17) is 9.47 Å². The molecule has 1 heterocycles. The van der Waals surface area contributed by atoms with Gasteiger partial charge in [-0.1, -0.05) is 32.9 Å². The van der Waals surface area contributed by atoms with Crippen LogP contribution in [0.2, 0.25) is 0 Å². The number of fused-ring (bicyclic) bond motifs is 1. The van der Waals surface area contributed by atoms with Crippen molar-refractivity contribution in [3.8, 4) is 11.5 Å². The van der Waals surface area contributed by atoms with Crippen molar-refractivity contribution in [2.75, 3.05) is 17.2 Å². The molecule has 0 bridgehead atoms. The minimum Gasteiger partial charge on any atom is -0.494 e. The highest BCUT2D eigenvalue weighted by atomic mass is 16.5. The van der Waals surface area contributed by atoms with E-state index in [9.17, 15) is 9.59 Å². The molecule has 0 aromatic heterocycles. The molecule has 1 aliphatic rings. The Labute approximate surface area is 171 Å². The zero-order valence-electron chi connectivity index (χ0n) is 17.4. The van der Waals surface area contributed by atoms with Gasteiger partial charge in [-0.15, -0.1) is 0 Å². The van der Waals surface area contributed by atoms with Gasteiger partial charge in [0.25, 0.3) is 5.91 Å². The van der Waals surface area contributed by atoms with Gasteiger partial charge < -0.3 is 20.1 Å². The van der Waals surface area contributed by atoms with E-state index in [1.54, 1.807) is 25.1 Å². The lowest BCUT2D eigenvalue weighted by atomic mass is 9.87. The highest BCUT2D eigenvalue weighted by Gasteiger charge is 2.23. The predicted molar refractivity (Wildman–Crippen MR) is 114 cm³/mol. The molecule has 0 spiro atoms. The fourth-order valence-electron chi connectivity index (χ4n) is 2.98. The fourth-order valence-corrected chi connectivity index (χ4v) is 2.98. The molecule has 1 aliphatic heterocycles. The van der Waals surface area contributed by atoms with Crippen LogP contribution in [0.1, 0.15) is 46.1 Å². The Balaban J connectivity index is 1.44. The highest BCUT2D eigenvalue weighted by Crippen LogP contribution is 2.32. The van der Waals surface area contributed by atoms with E-state index in [1.165, 1.54) is 5.56 Å². The van der Waals surface area contributed by atoms with Gasteiger partial charge in [0, 0.05) is 12.1 Å². The molecule has 2 aromatic carbocycles. The number of hydrogen-bond acceptors (Lipinski definition) is 4. The molecule has 2 aromatic rings. The summed E-state index contributed by atoms with van der Waals surface area (Å²) in [5.41, 5.74) is 2.55. The molecule has 1 atom stereocenters. The number of nitrogens with one attached hydrogen (secondary N) is 2. The van der Waals surface area contributed by atoms with E-state index in [1.807, 2.05) is 12.1 Å². The first-order valence-electron chi connectivity index (χ1n) is 9.87. The molecule has 3 rings (SSSR count). The van der Waals surface area contributed by atoms with Gasteiger partial charge >= 0.3 is 0 Å². The topological polar surface area (TPSA) is 76.7 Å². The number of carbonyl (C=O) groups excluding carboxylic acids is 2. The van der Waals surface area contributed by atoms with Gasteiger partial charge in [-0.05, 0) is 54.7 Å². The molecule has 0 saturated carbocycles. The molecule has 6 nitrogen and oxygen atoms in total. The maximum absolute atomic E-state index is 12.2. The van der Waals surface area contributed by atoms with Crippen LogP contribution in [0.15, 0.2) is 42.5 Å². The highest BCUT2D eigenvalue weighted by molar-refractivity contribution is 5.99. The molecule has 154 valence electrons.